The van der Waals surface area contributed by atoms with Crippen LogP contribution in [0.3, 0.4) is 0 Å². The number of para-hydroxylation sites is 1. The Morgan fingerprint density at radius 3 is 2.81 bits per heavy atom. The first kappa shape index (κ1) is 10.8. The lowest BCUT2D eigenvalue weighted by molar-refractivity contribution is 0.804. The monoisotopic (exact) mass is 216 g/mol. The molecule has 0 saturated heterocycles. The molecule has 0 spiro atoms. The summed E-state index contributed by atoms with van der Waals surface area (Å²) in [7, 11) is 0. The predicted octanol–water partition coefficient (Wildman–Crippen LogP) is 1.41. The maximum Gasteiger partial charge on any atom is 0.139 e. The zero-order valence-corrected chi connectivity index (χ0v) is 9.43. The number of hydrogen-bond donors (Lipinski definition) is 1. The third-order valence-corrected chi connectivity index (χ3v) is 2.60. The lowest BCUT2D eigenvalue weighted by Crippen LogP contribution is -2.30. The Hall–Kier alpha value is -1.68. The summed E-state index contributed by atoms with van der Waals surface area (Å²) in [4.78, 5) is 10.8. The fourth-order valence-electron chi connectivity index (χ4n) is 1.81. The molecule has 1 aromatic carbocycles. The van der Waals surface area contributed by atoms with Crippen LogP contribution in [-0.2, 0) is 0 Å². The van der Waals surface area contributed by atoms with Crippen LogP contribution in [0.25, 0.3) is 10.9 Å². The van der Waals surface area contributed by atoms with E-state index >= 15 is 0 Å². The van der Waals surface area contributed by atoms with Gasteiger partial charge in [0.25, 0.3) is 0 Å². The van der Waals surface area contributed by atoms with Gasteiger partial charge in [-0.15, -0.1) is 0 Å². The van der Waals surface area contributed by atoms with E-state index < -0.39 is 0 Å². The van der Waals surface area contributed by atoms with E-state index in [9.17, 15) is 0 Å². The molecule has 2 aromatic rings. The number of likely N-dealkylation sites (N-methyl/N-ethyl adjacent to an activating group) is 1. The lowest BCUT2D eigenvalue weighted by atomic mass is 10.2. The summed E-state index contributed by atoms with van der Waals surface area (Å²) in [6, 6.07) is 8.03. The van der Waals surface area contributed by atoms with Crippen LogP contribution in [0.15, 0.2) is 30.6 Å². The Labute approximate surface area is 95.1 Å². The molecule has 0 fully saturated rings. The summed E-state index contributed by atoms with van der Waals surface area (Å²) in [6.45, 7) is 4.45. The first-order valence-electron chi connectivity index (χ1n) is 5.51. The summed E-state index contributed by atoms with van der Waals surface area (Å²) in [5, 5.41) is 1.08. The summed E-state index contributed by atoms with van der Waals surface area (Å²) in [6.07, 6.45) is 1.61. The average Bonchev–Trinajstić information content (AvgIpc) is 2.35. The fourth-order valence-corrected chi connectivity index (χ4v) is 1.81. The van der Waals surface area contributed by atoms with Crippen molar-refractivity contribution in [2.45, 2.75) is 6.92 Å². The molecule has 1 heterocycles. The van der Waals surface area contributed by atoms with Gasteiger partial charge in [-0.25, -0.2) is 9.97 Å². The second-order valence-corrected chi connectivity index (χ2v) is 3.58. The number of fused-ring (bicyclic) bond motifs is 1. The molecular formula is C12H16N4. The zero-order chi connectivity index (χ0) is 11.4. The van der Waals surface area contributed by atoms with E-state index in [4.69, 9.17) is 5.73 Å². The smallest absolute Gasteiger partial charge is 0.139 e. The Morgan fingerprint density at radius 2 is 2.06 bits per heavy atom. The van der Waals surface area contributed by atoms with Gasteiger partial charge >= 0.3 is 0 Å². The minimum atomic E-state index is 0.631. The van der Waals surface area contributed by atoms with E-state index in [1.807, 2.05) is 24.3 Å². The molecule has 4 nitrogen and oxygen atoms in total. The molecule has 1 aromatic heterocycles. The van der Waals surface area contributed by atoms with Crippen molar-refractivity contribution in [2.24, 2.45) is 5.73 Å². The van der Waals surface area contributed by atoms with Crippen molar-refractivity contribution in [3.05, 3.63) is 30.6 Å². The van der Waals surface area contributed by atoms with Gasteiger partial charge in [-0.05, 0) is 19.1 Å². The SMILES string of the molecule is CCN(CCN)c1ncnc2ccccc12. The minimum Gasteiger partial charge on any atom is -0.355 e. The van der Waals surface area contributed by atoms with Gasteiger partial charge in [0, 0.05) is 25.0 Å². The number of benzene rings is 1. The molecule has 0 aliphatic rings. The summed E-state index contributed by atoms with van der Waals surface area (Å²) < 4.78 is 0. The van der Waals surface area contributed by atoms with Gasteiger partial charge in [0.05, 0.1) is 5.52 Å². The Morgan fingerprint density at radius 1 is 1.25 bits per heavy atom. The van der Waals surface area contributed by atoms with Crippen LogP contribution in [0.1, 0.15) is 6.92 Å². The number of anilines is 1. The normalized spacial score (nSPS) is 10.6. The van der Waals surface area contributed by atoms with Crippen LogP contribution < -0.4 is 10.6 Å². The maximum absolute atomic E-state index is 5.60. The molecule has 0 aliphatic carbocycles. The van der Waals surface area contributed by atoms with E-state index in [-0.39, 0.29) is 0 Å². The van der Waals surface area contributed by atoms with Crippen molar-refractivity contribution in [3.8, 4) is 0 Å². The van der Waals surface area contributed by atoms with Crippen LogP contribution >= 0.6 is 0 Å². The Balaban J connectivity index is 2.50. The summed E-state index contributed by atoms with van der Waals surface area (Å²) in [5.74, 6) is 0.971. The molecule has 0 radical (unpaired) electrons. The molecule has 2 rings (SSSR count). The average molecular weight is 216 g/mol. The molecule has 0 aliphatic heterocycles. The van der Waals surface area contributed by atoms with E-state index in [0.717, 1.165) is 29.8 Å². The van der Waals surface area contributed by atoms with Gasteiger partial charge in [0.1, 0.15) is 12.1 Å². The fraction of sp³-hybridized carbons (Fsp3) is 0.333. The van der Waals surface area contributed by atoms with Crippen molar-refractivity contribution in [1.82, 2.24) is 9.97 Å². The third kappa shape index (κ3) is 1.97. The van der Waals surface area contributed by atoms with Gasteiger partial charge in [0.2, 0.25) is 0 Å². The molecule has 0 unspecified atom stereocenters. The van der Waals surface area contributed by atoms with Gasteiger partial charge in [-0.1, -0.05) is 12.1 Å². The number of hydrogen-bond acceptors (Lipinski definition) is 4. The summed E-state index contributed by atoms with van der Waals surface area (Å²) >= 11 is 0. The van der Waals surface area contributed by atoms with Crippen molar-refractivity contribution in [1.29, 1.82) is 0 Å². The largest absolute Gasteiger partial charge is 0.355 e. The molecule has 0 atom stereocenters. The van der Waals surface area contributed by atoms with Crippen LogP contribution in [-0.4, -0.2) is 29.6 Å². The van der Waals surface area contributed by atoms with E-state index in [0.29, 0.717) is 6.54 Å². The van der Waals surface area contributed by atoms with Gasteiger partial charge in [-0.2, -0.15) is 0 Å². The third-order valence-electron chi connectivity index (χ3n) is 2.60. The molecule has 0 saturated carbocycles. The minimum absolute atomic E-state index is 0.631. The molecule has 0 bridgehead atoms. The second-order valence-electron chi connectivity index (χ2n) is 3.58. The van der Waals surface area contributed by atoms with E-state index in [2.05, 4.69) is 21.8 Å². The van der Waals surface area contributed by atoms with Crippen molar-refractivity contribution in [2.75, 3.05) is 24.5 Å². The Kier molecular flexibility index (Phi) is 3.31. The van der Waals surface area contributed by atoms with Crippen molar-refractivity contribution in [3.63, 3.8) is 0 Å². The topological polar surface area (TPSA) is 55.0 Å². The second kappa shape index (κ2) is 4.90. The number of aromatic nitrogens is 2. The maximum atomic E-state index is 5.60. The predicted molar refractivity (Wildman–Crippen MR) is 66.5 cm³/mol. The zero-order valence-electron chi connectivity index (χ0n) is 9.43. The molecule has 0 amide bonds. The highest BCUT2D eigenvalue weighted by Crippen LogP contribution is 2.21. The number of nitrogens with two attached hydrogens (primary N) is 1. The van der Waals surface area contributed by atoms with E-state index in [1.54, 1.807) is 6.33 Å². The lowest BCUT2D eigenvalue weighted by Gasteiger charge is -2.22. The molecule has 4 heteroatoms. The van der Waals surface area contributed by atoms with Crippen LogP contribution in [0.5, 0.6) is 0 Å². The first-order valence-corrected chi connectivity index (χ1v) is 5.51. The highest BCUT2D eigenvalue weighted by atomic mass is 15.2. The van der Waals surface area contributed by atoms with Crippen LogP contribution in [0.4, 0.5) is 5.82 Å². The number of rotatable bonds is 4. The first-order chi connectivity index (χ1) is 7.86. The van der Waals surface area contributed by atoms with Crippen molar-refractivity contribution >= 4 is 16.7 Å². The van der Waals surface area contributed by atoms with Gasteiger partial charge in [-0.3, -0.25) is 0 Å². The number of nitrogens with zero attached hydrogens (tertiary/aromatic N) is 3. The molecule has 2 N–H and O–H groups in total. The van der Waals surface area contributed by atoms with Crippen molar-refractivity contribution < 1.29 is 0 Å². The van der Waals surface area contributed by atoms with Gasteiger partial charge in [0.15, 0.2) is 0 Å². The molecule has 16 heavy (non-hydrogen) atoms. The standard InChI is InChI=1S/C12H16N4/c1-2-16(8-7-13)12-10-5-3-4-6-11(10)14-9-15-12/h3-6,9H,2,7-8,13H2,1H3. The highest BCUT2D eigenvalue weighted by Gasteiger charge is 2.08. The highest BCUT2D eigenvalue weighted by molar-refractivity contribution is 5.89. The van der Waals surface area contributed by atoms with E-state index in [1.165, 1.54) is 0 Å². The Bertz CT molecular complexity index is 464. The van der Waals surface area contributed by atoms with Crippen LogP contribution in [0.2, 0.25) is 0 Å². The molecular weight excluding hydrogens is 200 g/mol. The van der Waals surface area contributed by atoms with Gasteiger partial charge < -0.3 is 10.6 Å². The van der Waals surface area contributed by atoms with Crippen LogP contribution in [0, 0.1) is 0 Å². The quantitative estimate of drug-likeness (QED) is 0.839. The molecule has 84 valence electrons. The summed E-state index contributed by atoms with van der Waals surface area (Å²) in [5.41, 5.74) is 6.58.